The van der Waals surface area contributed by atoms with Crippen molar-refractivity contribution in [3.8, 4) is 17.1 Å². The van der Waals surface area contributed by atoms with Crippen LogP contribution in [0.1, 0.15) is 12.0 Å². The van der Waals surface area contributed by atoms with Gasteiger partial charge in [0.05, 0.1) is 23.3 Å². The van der Waals surface area contributed by atoms with Crippen molar-refractivity contribution in [1.29, 1.82) is 0 Å². The van der Waals surface area contributed by atoms with Crippen molar-refractivity contribution in [3.05, 3.63) is 42.6 Å². The molecule has 1 aliphatic heterocycles. The summed E-state index contributed by atoms with van der Waals surface area (Å²) in [7, 11) is -2.90. The van der Waals surface area contributed by atoms with Crippen LogP contribution in [0.5, 0.6) is 0 Å². The van der Waals surface area contributed by atoms with Gasteiger partial charge in [-0.3, -0.25) is 0 Å². The lowest BCUT2D eigenvalue weighted by atomic mass is 10.1. The molecular formula is C21H23F3N8O4S. The lowest BCUT2D eigenvalue weighted by Gasteiger charge is -2.24. The SMILES string of the molecule is Cc1ccc(S(=O)(=O)N(CC2CCN(C)C2)OC(=O)C(F)(F)F)cc1-c1cnc(N)c(-n2cncn2)n1. The Morgan fingerprint density at radius 3 is 2.70 bits per heavy atom. The Kier molecular flexibility index (Phi) is 7.16. The number of carbonyl (C=O) groups is 1. The highest BCUT2D eigenvalue weighted by molar-refractivity contribution is 7.89. The van der Waals surface area contributed by atoms with Crippen LogP contribution in [0.2, 0.25) is 0 Å². The first-order valence-corrected chi connectivity index (χ1v) is 12.4. The van der Waals surface area contributed by atoms with Gasteiger partial charge in [-0.05, 0) is 55.0 Å². The van der Waals surface area contributed by atoms with E-state index in [0.29, 0.717) is 30.6 Å². The number of aromatic nitrogens is 5. The molecule has 0 aliphatic carbocycles. The fraction of sp³-hybridized carbons (Fsp3) is 0.381. The average Bonchev–Trinajstić information content (AvgIpc) is 3.50. The second-order valence-corrected chi connectivity index (χ2v) is 10.4. The first-order valence-electron chi connectivity index (χ1n) is 10.9. The second-order valence-electron chi connectivity index (χ2n) is 8.56. The first-order chi connectivity index (χ1) is 17.4. The van der Waals surface area contributed by atoms with Gasteiger partial charge >= 0.3 is 12.1 Å². The van der Waals surface area contributed by atoms with Crippen LogP contribution in [-0.4, -0.2) is 81.3 Å². The highest BCUT2D eigenvalue weighted by Gasteiger charge is 2.45. The molecule has 0 radical (unpaired) electrons. The van der Waals surface area contributed by atoms with Gasteiger partial charge in [0.15, 0.2) is 11.6 Å². The Balaban J connectivity index is 1.73. The lowest BCUT2D eigenvalue weighted by Crippen LogP contribution is -2.41. The van der Waals surface area contributed by atoms with Crippen molar-refractivity contribution < 1.29 is 31.2 Å². The van der Waals surface area contributed by atoms with E-state index in [4.69, 9.17) is 5.73 Å². The van der Waals surface area contributed by atoms with Crippen molar-refractivity contribution in [2.75, 3.05) is 32.4 Å². The average molecular weight is 541 g/mol. The van der Waals surface area contributed by atoms with Gasteiger partial charge in [-0.15, -0.1) is 0 Å². The molecular weight excluding hydrogens is 517 g/mol. The molecule has 37 heavy (non-hydrogen) atoms. The molecule has 198 valence electrons. The summed E-state index contributed by atoms with van der Waals surface area (Å²) in [6, 6.07) is 3.90. The van der Waals surface area contributed by atoms with Gasteiger partial charge in [-0.1, -0.05) is 6.07 Å². The van der Waals surface area contributed by atoms with Crippen molar-refractivity contribution in [2.24, 2.45) is 5.92 Å². The molecule has 1 aromatic carbocycles. The molecule has 1 saturated heterocycles. The second kappa shape index (κ2) is 10.0. The quantitative estimate of drug-likeness (QED) is 0.438. The van der Waals surface area contributed by atoms with E-state index in [1.807, 2.05) is 4.90 Å². The van der Waals surface area contributed by atoms with Crippen LogP contribution < -0.4 is 5.73 Å². The number of halogens is 3. The number of rotatable bonds is 7. The number of sulfonamides is 1. The molecule has 4 rings (SSSR count). The molecule has 0 spiro atoms. The molecule has 0 saturated carbocycles. The topological polar surface area (TPSA) is 149 Å². The van der Waals surface area contributed by atoms with Gasteiger partial charge < -0.3 is 15.5 Å². The summed E-state index contributed by atoms with van der Waals surface area (Å²) in [5.41, 5.74) is 7.04. The van der Waals surface area contributed by atoms with E-state index >= 15 is 0 Å². The van der Waals surface area contributed by atoms with E-state index in [9.17, 15) is 26.4 Å². The maximum atomic E-state index is 13.5. The van der Waals surface area contributed by atoms with Crippen LogP contribution >= 0.6 is 0 Å². The van der Waals surface area contributed by atoms with Crippen molar-refractivity contribution in [3.63, 3.8) is 0 Å². The van der Waals surface area contributed by atoms with Crippen molar-refractivity contribution in [2.45, 2.75) is 24.4 Å². The van der Waals surface area contributed by atoms with Crippen LogP contribution in [0.4, 0.5) is 19.0 Å². The third-order valence-corrected chi connectivity index (χ3v) is 7.39. The van der Waals surface area contributed by atoms with Crippen molar-refractivity contribution >= 4 is 21.8 Å². The molecule has 1 aliphatic rings. The van der Waals surface area contributed by atoms with Gasteiger partial charge in [-0.2, -0.15) is 23.0 Å². The van der Waals surface area contributed by atoms with E-state index < -0.39 is 33.6 Å². The summed E-state index contributed by atoms with van der Waals surface area (Å²) in [4.78, 5) is 29.8. The number of likely N-dealkylation sites (tertiary alicyclic amines) is 1. The summed E-state index contributed by atoms with van der Waals surface area (Å²) in [6.45, 7) is 2.32. The van der Waals surface area contributed by atoms with E-state index in [0.717, 1.165) is 0 Å². The standard InChI is InChI=1S/C21H23F3N8O4S/c1-13-3-4-15(7-16(13)17-8-27-18(25)19(29-17)31-12-26-11-28-31)37(34,35)32(36-20(33)21(22,23)24)10-14-5-6-30(2)9-14/h3-4,7-8,11-12,14H,5-6,9-10H2,1-2H3,(H2,25,27). The number of nitrogens with zero attached hydrogens (tertiary/aromatic N) is 7. The monoisotopic (exact) mass is 540 g/mol. The number of anilines is 1. The predicted octanol–water partition coefficient (Wildman–Crippen LogP) is 1.58. The summed E-state index contributed by atoms with van der Waals surface area (Å²) in [5, 5.41) is 3.96. The number of nitrogens with two attached hydrogens (primary N) is 1. The fourth-order valence-electron chi connectivity index (χ4n) is 3.87. The molecule has 12 nitrogen and oxygen atoms in total. The number of hydrogen-bond acceptors (Lipinski definition) is 10. The lowest BCUT2D eigenvalue weighted by molar-refractivity contribution is -0.223. The minimum Gasteiger partial charge on any atom is -0.381 e. The molecule has 0 amide bonds. The van der Waals surface area contributed by atoms with Crippen LogP contribution in [0.3, 0.4) is 0 Å². The van der Waals surface area contributed by atoms with Crippen molar-refractivity contribution in [1.82, 2.24) is 34.1 Å². The minimum atomic E-state index is -5.38. The molecule has 1 fully saturated rings. The Labute approximate surface area is 209 Å². The molecule has 2 aromatic heterocycles. The minimum absolute atomic E-state index is 0.0439. The highest BCUT2D eigenvalue weighted by atomic mass is 32.2. The van der Waals surface area contributed by atoms with Gasteiger partial charge in [0.2, 0.25) is 0 Å². The summed E-state index contributed by atoms with van der Waals surface area (Å²) in [5.74, 6) is -2.77. The summed E-state index contributed by atoms with van der Waals surface area (Å²) in [6.07, 6.45) is -0.909. The van der Waals surface area contributed by atoms with E-state index in [1.165, 1.54) is 41.7 Å². The first kappa shape index (κ1) is 26.4. The molecule has 1 unspecified atom stereocenters. The number of hydrogen-bond donors (Lipinski definition) is 1. The number of carbonyl (C=O) groups excluding carboxylic acids is 1. The number of hydroxylamine groups is 1. The van der Waals surface area contributed by atoms with Crippen LogP contribution in [-0.2, 0) is 19.7 Å². The van der Waals surface area contributed by atoms with E-state index in [-0.39, 0.29) is 27.7 Å². The predicted molar refractivity (Wildman–Crippen MR) is 123 cm³/mol. The highest BCUT2D eigenvalue weighted by Crippen LogP contribution is 2.30. The number of benzene rings is 1. The Bertz CT molecular complexity index is 1400. The third kappa shape index (κ3) is 5.70. The smallest absolute Gasteiger partial charge is 0.381 e. The zero-order valence-corrected chi connectivity index (χ0v) is 20.6. The fourth-order valence-corrected chi connectivity index (χ4v) is 5.19. The zero-order valence-electron chi connectivity index (χ0n) is 19.8. The largest absolute Gasteiger partial charge is 0.492 e. The third-order valence-electron chi connectivity index (χ3n) is 5.78. The van der Waals surface area contributed by atoms with Crippen LogP contribution in [0.15, 0.2) is 41.9 Å². The Morgan fingerprint density at radius 1 is 1.32 bits per heavy atom. The Morgan fingerprint density at radius 2 is 2.08 bits per heavy atom. The normalized spacial score (nSPS) is 16.9. The number of nitrogen functional groups attached to an aromatic ring is 1. The maximum absolute atomic E-state index is 13.5. The number of aryl methyl sites for hydroxylation is 1. The van der Waals surface area contributed by atoms with Gasteiger partial charge in [0.25, 0.3) is 10.0 Å². The van der Waals surface area contributed by atoms with Gasteiger partial charge in [-0.25, -0.2) is 28.2 Å². The molecule has 2 N–H and O–H groups in total. The molecule has 3 heterocycles. The van der Waals surface area contributed by atoms with Crippen LogP contribution in [0.25, 0.3) is 17.1 Å². The molecule has 3 aromatic rings. The van der Waals surface area contributed by atoms with E-state index in [2.05, 4.69) is 24.9 Å². The summed E-state index contributed by atoms with van der Waals surface area (Å²) < 4.78 is 67.2. The molecule has 0 bridgehead atoms. The number of alkyl halides is 3. The molecule has 16 heteroatoms. The maximum Gasteiger partial charge on any atom is 0.492 e. The van der Waals surface area contributed by atoms with Gasteiger partial charge in [0.1, 0.15) is 12.7 Å². The Hall–Kier alpha value is -3.63. The van der Waals surface area contributed by atoms with Crippen LogP contribution in [0, 0.1) is 12.8 Å². The molecule has 1 atom stereocenters. The van der Waals surface area contributed by atoms with E-state index in [1.54, 1.807) is 14.0 Å². The zero-order chi connectivity index (χ0) is 27.0. The summed E-state index contributed by atoms with van der Waals surface area (Å²) >= 11 is 0. The van der Waals surface area contributed by atoms with Gasteiger partial charge in [0, 0.05) is 12.1 Å².